The van der Waals surface area contributed by atoms with Gasteiger partial charge in [-0.15, -0.1) is 0 Å². The molecule has 6 nitrogen and oxygen atoms in total. The van der Waals surface area contributed by atoms with E-state index in [1.165, 1.54) is 7.11 Å². The summed E-state index contributed by atoms with van der Waals surface area (Å²) in [5, 5.41) is 0.624. The van der Waals surface area contributed by atoms with Gasteiger partial charge in [0.25, 0.3) is 0 Å². The molecule has 7 heteroatoms. The maximum atomic E-state index is 13.4. The first-order valence-corrected chi connectivity index (χ1v) is 12.0. The number of hydrogen-bond donors (Lipinski definition) is 0. The molecule has 0 fully saturated rings. The number of benzene rings is 2. The second-order valence-corrected chi connectivity index (χ2v) is 10.2. The monoisotopic (exact) mass is 495 g/mol. The van der Waals surface area contributed by atoms with Crippen molar-refractivity contribution in [1.82, 2.24) is 0 Å². The summed E-state index contributed by atoms with van der Waals surface area (Å²) in [6, 6.07) is 13.0. The van der Waals surface area contributed by atoms with E-state index in [1.807, 2.05) is 43.3 Å². The maximum Gasteiger partial charge on any atom is 0.315 e. The van der Waals surface area contributed by atoms with E-state index in [0.717, 1.165) is 16.8 Å². The van der Waals surface area contributed by atoms with Gasteiger partial charge in [0.2, 0.25) is 0 Å². The van der Waals surface area contributed by atoms with Gasteiger partial charge in [-0.25, -0.2) is 0 Å². The van der Waals surface area contributed by atoms with Crippen molar-refractivity contribution in [1.29, 1.82) is 0 Å². The largest absolute Gasteiger partial charge is 0.493 e. The minimum atomic E-state index is -0.691. The van der Waals surface area contributed by atoms with Gasteiger partial charge in [-0.1, -0.05) is 49.7 Å². The van der Waals surface area contributed by atoms with E-state index in [2.05, 4.69) is 13.8 Å². The van der Waals surface area contributed by atoms with Crippen molar-refractivity contribution in [3.05, 3.63) is 69.9 Å². The highest BCUT2D eigenvalue weighted by molar-refractivity contribution is 6.31. The van der Waals surface area contributed by atoms with E-state index in [4.69, 9.17) is 30.8 Å². The summed E-state index contributed by atoms with van der Waals surface area (Å²) in [5.74, 6) is -0.558. The fourth-order valence-electron chi connectivity index (χ4n) is 5.01. The summed E-state index contributed by atoms with van der Waals surface area (Å²) in [5.41, 5.74) is 3.44. The highest BCUT2D eigenvalue weighted by Gasteiger charge is 2.46. The van der Waals surface area contributed by atoms with Crippen LogP contribution in [0.2, 0.25) is 5.02 Å². The van der Waals surface area contributed by atoms with E-state index in [0.29, 0.717) is 40.6 Å². The molecule has 1 heterocycles. The van der Waals surface area contributed by atoms with Crippen LogP contribution in [0.25, 0.3) is 0 Å². The predicted octanol–water partition coefficient (Wildman–Crippen LogP) is 5.92. The van der Waals surface area contributed by atoms with Crippen molar-refractivity contribution in [2.75, 3.05) is 14.2 Å². The molecule has 1 unspecified atom stereocenters. The normalized spacial score (nSPS) is 21.2. The summed E-state index contributed by atoms with van der Waals surface area (Å²) in [4.78, 5) is 30.9. The van der Waals surface area contributed by atoms with E-state index in [-0.39, 0.29) is 17.8 Å². The molecule has 1 aliphatic heterocycles. The highest BCUT2D eigenvalue weighted by Crippen LogP contribution is 2.48. The Kier molecular flexibility index (Phi) is 7.04. The summed E-state index contributed by atoms with van der Waals surface area (Å²) >= 11 is 6.26. The first-order chi connectivity index (χ1) is 16.6. The van der Waals surface area contributed by atoms with Crippen LogP contribution in [0.15, 0.2) is 58.7 Å². The zero-order chi connectivity index (χ0) is 25.3. The molecule has 0 N–H and O–H groups in total. The molecule has 35 heavy (non-hydrogen) atoms. The molecule has 0 bridgehead atoms. The Morgan fingerprint density at radius 3 is 2.54 bits per heavy atom. The van der Waals surface area contributed by atoms with Crippen LogP contribution in [-0.2, 0) is 20.9 Å². The molecule has 2 aromatic carbocycles. The Hall–Kier alpha value is -3.12. The highest BCUT2D eigenvalue weighted by atomic mass is 35.5. The lowest BCUT2D eigenvalue weighted by Gasteiger charge is -2.39. The molecule has 184 valence electrons. The Bertz CT molecular complexity index is 1230. The van der Waals surface area contributed by atoms with Crippen molar-refractivity contribution >= 4 is 29.1 Å². The third-order valence-corrected chi connectivity index (χ3v) is 7.01. The number of ether oxygens (including phenoxy) is 3. The number of hydrogen-bond acceptors (Lipinski definition) is 6. The van der Waals surface area contributed by atoms with E-state index >= 15 is 0 Å². The molecule has 0 radical (unpaired) electrons. The maximum absolute atomic E-state index is 13.4. The number of halogens is 1. The number of carbonyl (C=O) groups is 2. The number of allylic oxidation sites excluding steroid dienone is 2. The third-order valence-electron chi connectivity index (χ3n) is 6.65. The number of esters is 1. The Morgan fingerprint density at radius 1 is 1.11 bits per heavy atom. The Balaban J connectivity index is 1.74. The lowest BCUT2D eigenvalue weighted by atomic mass is 9.67. The fraction of sp³-hybridized carbons (Fsp3) is 0.393. The van der Waals surface area contributed by atoms with Crippen molar-refractivity contribution < 1.29 is 23.8 Å². The van der Waals surface area contributed by atoms with Gasteiger partial charge in [0, 0.05) is 39.9 Å². The first kappa shape index (κ1) is 25.0. The molecule has 0 saturated heterocycles. The van der Waals surface area contributed by atoms with Crippen LogP contribution in [-0.4, -0.2) is 31.7 Å². The summed E-state index contributed by atoms with van der Waals surface area (Å²) in [7, 11) is 2.92. The van der Waals surface area contributed by atoms with Gasteiger partial charge in [-0.2, -0.15) is 0 Å². The van der Waals surface area contributed by atoms with Gasteiger partial charge in [0.05, 0.1) is 14.2 Å². The molecule has 0 amide bonds. The second-order valence-electron chi connectivity index (χ2n) is 9.82. The van der Waals surface area contributed by atoms with Crippen molar-refractivity contribution in [2.45, 2.75) is 46.1 Å². The van der Waals surface area contributed by atoms with E-state index in [1.54, 1.807) is 13.2 Å². The van der Waals surface area contributed by atoms with Crippen molar-refractivity contribution in [3.63, 3.8) is 0 Å². The Labute approximate surface area is 210 Å². The lowest BCUT2D eigenvalue weighted by molar-refractivity contribution is -0.143. The average molecular weight is 496 g/mol. The lowest BCUT2D eigenvalue weighted by Crippen LogP contribution is -2.39. The topological polar surface area (TPSA) is 74.2 Å². The molecule has 1 aliphatic carbocycles. The van der Waals surface area contributed by atoms with Crippen LogP contribution in [0.1, 0.15) is 50.7 Å². The molecule has 0 spiro atoms. The molecule has 2 aromatic rings. The number of aliphatic imine (C=N–C) groups is 1. The SMILES string of the molecule is COC(=O)C1C(C)=NC2=C(C(=O)CC(C)(C)C2)[C@@H]1c1ccc(OCc2ccccc2Cl)c(OC)c1. The zero-order valence-corrected chi connectivity index (χ0v) is 21.4. The molecule has 2 aliphatic rings. The number of Topliss-reactive ketones (excluding diaryl/α,β-unsaturated/α-hetero) is 1. The van der Waals surface area contributed by atoms with Gasteiger partial charge in [0.1, 0.15) is 12.5 Å². The molecular weight excluding hydrogens is 466 g/mol. The van der Waals surface area contributed by atoms with E-state index in [9.17, 15) is 9.59 Å². The zero-order valence-electron chi connectivity index (χ0n) is 20.7. The van der Waals surface area contributed by atoms with E-state index < -0.39 is 17.8 Å². The quantitative estimate of drug-likeness (QED) is 0.465. The summed E-state index contributed by atoms with van der Waals surface area (Å²) in [6.07, 6.45) is 1.08. The predicted molar refractivity (Wildman–Crippen MR) is 135 cm³/mol. The Morgan fingerprint density at radius 2 is 1.86 bits per heavy atom. The van der Waals surface area contributed by atoms with Gasteiger partial charge in [-0.05, 0) is 42.5 Å². The second kappa shape index (κ2) is 9.86. The number of methoxy groups -OCH3 is 2. The fourth-order valence-corrected chi connectivity index (χ4v) is 5.20. The van der Waals surface area contributed by atoms with Gasteiger partial charge in [0.15, 0.2) is 17.3 Å². The minimum absolute atomic E-state index is 0.0180. The van der Waals surface area contributed by atoms with Crippen LogP contribution in [0, 0.1) is 11.3 Å². The summed E-state index contributed by atoms with van der Waals surface area (Å²) < 4.78 is 16.8. The van der Waals surface area contributed by atoms with Crippen LogP contribution in [0.4, 0.5) is 0 Å². The average Bonchev–Trinajstić information content (AvgIpc) is 2.81. The van der Waals surface area contributed by atoms with Gasteiger partial charge >= 0.3 is 5.97 Å². The number of rotatable bonds is 6. The molecule has 2 atom stereocenters. The smallest absolute Gasteiger partial charge is 0.315 e. The van der Waals surface area contributed by atoms with Crippen LogP contribution in [0.3, 0.4) is 0 Å². The number of carbonyl (C=O) groups excluding carboxylic acids is 2. The molecule has 4 rings (SSSR count). The van der Waals surface area contributed by atoms with Crippen molar-refractivity contribution in [3.8, 4) is 11.5 Å². The van der Waals surface area contributed by atoms with Gasteiger partial charge < -0.3 is 14.2 Å². The molecular formula is C28H30ClNO5. The van der Waals surface area contributed by atoms with Gasteiger partial charge in [-0.3, -0.25) is 14.6 Å². The molecule has 0 saturated carbocycles. The minimum Gasteiger partial charge on any atom is -0.493 e. The number of nitrogens with zero attached hydrogens (tertiary/aromatic N) is 1. The van der Waals surface area contributed by atoms with Crippen LogP contribution in [0.5, 0.6) is 11.5 Å². The van der Waals surface area contributed by atoms with Crippen molar-refractivity contribution in [2.24, 2.45) is 16.3 Å². The van der Waals surface area contributed by atoms with Crippen LogP contribution < -0.4 is 9.47 Å². The van der Waals surface area contributed by atoms with Crippen LogP contribution >= 0.6 is 11.6 Å². The number of ketones is 1. The molecule has 0 aromatic heterocycles. The third kappa shape index (κ3) is 4.98. The first-order valence-electron chi connectivity index (χ1n) is 11.6. The summed E-state index contributed by atoms with van der Waals surface area (Å²) in [6.45, 7) is 6.23. The standard InChI is InChI=1S/C28H30ClNO5/c1-16-24(27(32)34-5)25(26-20(30-16)13-28(2,3)14-21(26)31)17-10-11-22(23(12-17)33-4)35-15-18-8-6-7-9-19(18)29/h6-12,24-25H,13-15H2,1-5H3/t24?,25-/m1/s1.